The van der Waals surface area contributed by atoms with Gasteiger partial charge in [-0.3, -0.25) is 14.0 Å². The number of fused-ring (bicyclic) bond motifs is 1. The Hall–Kier alpha value is -2.87. The number of hydrogen-bond donors (Lipinski definition) is 2. The van der Waals surface area contributed by atoms with Crippen LogP contribution in [-0.4, -0.2) is 44.5 Å². The van der Waals surface area contributed by atoms with Crippen LogP contribution in [0.3, 0.4) is 0 Å². The lowest BCUT2D eigenvalue weighted by molar-refractivity contribution is -0.124. The maximum absolute atomic E-state index is 13.2. The van der Waals surface area contributed by atoms with E-state index in [1.54, 1.807) is 36.0 Å². The van der Waals surface area contributed by atoms with Crippen molar-refractivity contribution in [2.75, 3.05) is 12.0 Å². The summed E-state index contributed by atoms with van der Waals surface area (Å²) < 4.78 is 1.89. The van der Waals surface area contributed by atoms with Crippen LogP contribution < -0.4 is 10.6 Å². The molecule has 2 atom stereocenters. The summed E-state index contributed by atoms with van der Waals surface area (Å²) in [6, 6.07) is 13.6. The molecular weight excluding hydrogens is 398 g/mol. The number of thioether (sulfide) groups is 1. The van der Waals surface area contributed by atoms with Crippen molar-refractivity contribution in [1.29, 1.82) is 0 Å². The van der Waals surface area contributed by atoms with Crippen molar-refractivity contribution < 1.29 is 9.59 Å². The number of rotatable bonds is 9. The maximum Gasteiger partial charge on any atom is 0.251 e. The number of carbonyl (C=O) groups is 2. The van der Waals surface area contributed by atoms with Crippen LogP contribution in [0.4, 0.5) is 0 Å². The SMILES string of the molecule is CSCC[C@H](NC(=O)[C@@H](NC(=O)c1ccccc1)C(C)C)c1nnc2ccccn12. The first-order chi connectivity index (χ1) is 14.5. The largest absolute Gasteiger partial charge is 0.344 e. The number of nitrogens with zero attached hydrogens (tertiary/aromatic N) is 3. The Balaban J connectivity index is 1.79. The summed E-state index contributed by atoms with van der Waals surface area (Å²) in [5.41, 5.74) is 1.26. The summed E-state index contributed by atoms with van der Waals surface area (Å²) in [7, 11) is 0. The minimum absolute atomic E-state index is 0.0750. The van der Waals surface area contributed by atoms with Crippen molar-refractivity contribution in [1.82, 2.24) is 25.2 Å². The molecule has 8 heteroatoms. The van der Waals surface area contributed by atoms with E-state index in [1.165, 1.54) is 0 Å². The van der Waals surface area contributed by atoms with Crippen molar-refractivity contribution in [3.8, 4) is 0 Å². The molecule has 0 aliphatic heterocycles. The average Bonchev–Trinajstić information content (AvgIpc) is 3.19. The van der Waals surface area contributed by atoms with E-state index in [0.717, 1.165) is 11.4 Å². The molecule has 158 valence electrons. The molecule has 0 aliphatic rings. The summed E-state index contributed by atoms with van der Waals surface area (Å²) in [6.07, 6.45) is 4.62. The van der Waals surface area contributed by atoms with E-state index in [-0.39, 0.29) is 23.8 Å². The zero-order valence-electron chi connectivity index (χ0n) is 17.4. The molecule has 0 unspecified atom stereocenters. The van der Waals surface area contributed by atoms with Gasteiger partial charge in [-0.25, -0.2) is 0 Å². The van der Waals surface area contributed by atoms with Crippen molar-refractivity contribution >= 4 is 29.2 Å². The Morgan fingerprint density at radius 3 is 2.47 bits per heavy atom. The first-order valence-electron chi connectivity index (χ1n) is 9.96. The molecule has 0 aliphatic carbocycles. The van der Waals surface area contributed by atoms with Crippen molar-refractivity contribution in [3.05, 3.63) is 66.1 Å². The fourth-order valence-corrected chi connectivity index (χ4v) is 3.68. The fourth-order valence-electron chi connectivity index (χ4n) is 3.21. The van der Waals surface area contributed by atoms with E-state index in [2.05, 4.69) is 20.8 Å². The Labute approximate surface area is 180 Å². The standard InChI is InChI=1S/C22H27N5O2S/c1-15(2)19(24-21(28)16-9-5-4-6-10-16)22(29)23-17(12-14-30-3)20-26-25-18-11-7-8-13-27(18)20/h4-11,13,15,17,19H,12,14H2,1-3H3,(H,23,29)(H,24,28)/t17-,19-/m0/s1. The lowest BCUT2D eigenvalue weighted by Gasteiger charge is -2.25. The van der Waals surface area contributed by atoms with Crippen LogP contribution in [0.1, 0.15) is 42.5 Å². The Morgan fingerprint density at radius 1 is 1.03 bits per heavy atom. The van der Waals surface area contributed by atoms with Gasteiger partial charge in [-0.1, -0.05) is 38.1 Å². The molecule has 2 aromatic heterocycles. The van der Waals surface area contributed by atoms with Crippen molar-refractivity contribution in [2.24, 2.45) is 5.92 Å². The lowest BCUT2D eigenvalue weighted by Crippen LogP contribution is -2.50. The highest BCUT2D eigenvalue weighted by atomic mass is 32.2. The highest BCUT2D eigenvalue weighted by Gasteiger charge is 2.28. The van der Waals surface area contributed by atoms with Crippen LogP contribution in [0.15, 0.2) is 54.7 Å². The molecule has 1 aromatic carbocycles. The Morgan fingerprint density at radius 2 is 1.77 bits per heavy atom. The van der Waals surface area contributed by atoms with E-state index in [0.29, 0.717) is 17.8 Å². The third kappa shape index (κ3) is 5.18. The van der Waals surface area contributed by atoms with Gasteiger partial charge in [-0.2, -0.15) is 11.8 Å². The van der Waals surface area contributed by atoms with E-state index >= 15 is 0 Å². The molecule has 0 radical (unpaired) electrons. The number of nitrogens with one attached hydrogen (secondary N) is 2. The van der Waals surface area contributed by atoms with Gasteiger partial charge in [-0.05, 0) is 48.6 Å². The van der Waals surface area contributed by atoms with Crippen LogP contribution >= 0.6 is 11.8 Å². The normalized spacial score (nSPS) is 13.2. The predicted octanol–water partition coefficient (Wildman–Crippen LogP) is 3.09. The van der Waals surface area contributed by atoms with Crippen LogP contribution in [0.25, 0.3) is 5.65 Å². The van der Waals surface area contributed by atoms with Gasteiger partial charge < -0.3 is 10.6 Å². The highest BCUT2D eigenvalue weighted by molar-refractivity contribution is 7.98. The molecule has 3 aromatic rings. The van der Waals surface area contributed by atoms with Crippen LogP contribution in [0, 0.1) is 5.92 Å². The van der Waals surface area contributed by atoms with Gasteiger partial charge in [0.1, 0.15) is 6.04 Å². The molecule has 0 spiro atoms. The molecule has 0 fully saturated rings. The number of hydrogen-bond acceptors (Lipinski definition) is 5. The molecule has 0 bridgehead atoms. The van der Waals surface area contributed by atoms with Gasteiger partial charge >= 0.3 is 0 Å². The summed E-state index contributed by atoms with van der Waals surface area (Å²) in [5, 5.41) is 14.5. The summed E-state index contributed by atoms with van der Waals surface area (Å²) in [6.45, 7) is 3.83. The van der Waals surface area contributed by atoms with Gasteiger partial charge in [0.2, 0.25) is 5.91 Å². The molecular formula is C22H27N5O2S. The zero-order valence-corrected chi connectivity index (χ0v) is 18.2. The Kier molecular flexibility index (Phi) is 7.46. The maximum atomic E-state index is 13.2. The minimum Gasteiger partial charge on any atom is -0.344 e. The zero-order chi connectivity index (χ0) is 21.5. The molecule has 0 saturated heterocycles. The second-order valence-electron chi connectivity index (χ2n) is 7.39. The minimum atomic E-state index is -0.659. The highest BCUT2D eigenvalue weighted by Crippen LogP contribution is 2.19. The summed E-state index contributed by atoms with van der Waals surface area (Å²) >= 11 is 1.70. The Bertz CT molecular complexity index is 989. The molecule has 2 heterocycles. The van der Waals surface area contributed by atoms with Gasteiger partial charge in [-0.15, -0.1) is 10.2 Å². The van der Waals surface area contributed by atoms with Crippen LogP contribution in [0.5, 0.6) is 0 Å². The molecule has 0 saturated carbocycles. The second kappa shape index (κ2) is 10.2. The molecule has 7 nitrogen and oxygen atoms in total. The fraction of sp³-hybridized carbons (Fsp3) is 0.364. The first-order valence-corrected chi connectivity index (χ1v) is 11.4. The van der Waals surface area contributed by atoms with E-state index < -0.39 is 6.04 Å². The van der Waals surface area contributed by atoms with Crippen molar-refractivity contribution in [3.63, 3.8) is 0 Å². The monoisotopic (exact) mass is 425 g/mol. The van der Waals surface area contributed by atoms with Crippen LogP contribution in [-0.2, 0) is 4.79 Å². The average molecular weight is 426 g/mol. The van der Waals surface area contributed by atoms with E-state index in [9.17, 15) is 9.59 Å². The number of aromatic nitrogens is 3. The second-order valence-corrected chi connectivity index (χ2v) is 8.38. The van der Waals surface area contributed by atoms with Crippen molar-refractivity contribution in [2.45, 2.75) is 32.4 Å². The number of amides is 2. The van der Waals surface area contributed by atoms with E-state index in [1.807, 2.05) is 55.0 Å². The molecule has 3 rings (SSSR count). The third-order valence-electron chi connectivity index (χ3n) is 4.85. The molecule has 30 heavy (non-hydrogen) atoms. The predicted molar refractivity (Wildman–Crippen MR) is 119 cm³/mol. The lowest BCUT2D eigenvalue weighted by atomic mass is 10.0. The van der Waals surface area contributed by atoms with Gasteiger partial charge in [0.25, 0.3) is 5.91 Å². The molecule has 2 N–H and O–H groups in total. The number of pyridine rings is 1. The third-order valence-corrected chi connectivity index (χ3v) is 5.49. The summed E-state index contributed by atoms with van der Waals surface area (Å²) in [4.78, 5) is 25.8. The number of benzene rings is 1. The van der Waals surface area contributed by atoms with Gasteiger partial charge in [0.15, 0.2) is 11.5 Å². The quantitative estimate of drug-likeness (QED) is 0.550. The van der Waals surface area contributed by atoms with Gasteiger partial charge in [0.05, 0.1) is 6.04 Å². The number of carbonyl (C=O) groups excluding carboxylic acids is 2. The topological polar surface area (TPSA) is 88.4 Å². The summed E-state index contributed by atoms with van der Waals surface area (Å²) in [5.74, 6) is 0.972. The smallest absolute Gasteiger partial charge is 0.251 e. The van der Waals surface area contributed by atoms with Crippen LogP contribution in [0.2, 0.25) is 0 Å². The van der Waals surface area contributed by atoms with E-state index in [4.69, 9.17) is 0 Å². The van der Waals surface area contributed by atoms with Gasteiger partial charge in [0, 0.05) is 11.8 Å². The first kappa shape index (κ1) is 21.8. The molecule has 2 amide bonds.